The molecule has 0 spiro atoms. The van der Waals surface area contributed by atoms with Crippen molar-refractivity contribution in [2.75, 3.05) is 29.0 Å². The molecule has 2 aliphatic rings. The maximum atomic E-state index is 5.86. The van der Waals surface area contributed by atoms with Crippen LogP contribution in [0.3, 0.4) is 0 Å². The standard InChI is InChI=1S/C15H26N6/c1-11-5-7-12(8-6-11)17-14-18-13(16)19-15(20-14)21-9-3-2-4-10-21/h11-12H,2-10H2,1H3,(H3,16,17,18,19,20). The molecule has 2 fully saturated rings. The van der Waals surface area contributed by atoms with E-state index in [0.29, 0.717) is 17.9 Å². The Bertz CT molecular complexity index is 463. The van der Waals surface area contributed by atoms with E-state index in [4.69, 9.17) is 5.73 Å². The van der Waals surface area contributed by atoms with Gasteiger partial charge in [-0.25, -0.2) is 0 Å². The van der Waals surface area contributed by atoms with Crippen LogP contribution in [0.15, 0.2) is 0 Å². The second-order valence-electron chi connectivity index (χ2n) is 6.47. The number of nitrogens with one attached hydrogen (secondary N) is 1. The number of anilines is 3. The van der Waals surface area contributed by atoms with Gasteiger partial charge in [0.15, 0.2) is 0 Å². The summed E-state index contributed by atoms with van der Waals surface area (Å²) in [5.74, 6) is 2.53. The molecule has 6 heteroatoms. The van der Waals surface area contributed by atoms with Gasteiger partial charge in [-0.1, -0.05) is 6.92 Å². The fraction of sp³-hybridized carbons (Fsp3) is 0.800. The van der Waals surface area contributed by atoms with Crippen molar-refractivity contribution in [1.29, 1.82) is 0 Å². The minimum atomic E-state index is 0.317. The van der Waals surface area contributed by atoms with Crippen LogP contribution in [0.5, 0.6) is 0 Å². The van der Waals surface area contributed by atoms with E-state index < -0.39 is 0 Å². The van der Waals surface area contributed by atoms with Crippen molar-refractivity contribution in [1.82, 2.24) is 15.0 Å². The predicted molar refractivity (Wildman–Crippen MR) is 85.3 cm³/mol. The normalized spacial score (nSPS) is 26.6. The highest BCUT2D eigenvalue weighted by Gasteiger charge is 2.20. The molecule has 1 aliphatic heterocycles. The number of aromatic nitrogens is 3. The third-order valence-corrected chi connectivity index (χ3v) is 4.63. The molecule has 6 nitrogen and oxygen atoms in total. The van der Waals surface area contributed by atoms with E-state index in [-0.39, 0.29) is 0 Å². The van der Waals surface area contributed by atoms with Crippen LogP contribution >= 0.6 is 0 Å². The Morgan fingerprint density at radius 1 is 1.00 bits per heavy atom. The number of nitrogens with two attached hydrogens (primary N) is 1. The highest BCUT2D eigenvalue weighted by molar-refractivity contribution is 5.42. The zero-order chi connectivity index (χ0) is 14.7. The summed E-state index contributed by atoms with van der Waals surface area (Å²) in [7, 11) is 0. The van der Waals surface area contributed by atoms with Gasteiger partial charge in [-0.2, -0.15) is 15.0 Å². The molecule has 3 N–H and O–H groups in total. The third-order valence-electron chi connectivity index (χ3n) is 4.63. The predicted octanol–water partition coefficient (Wildman–Crippen LogP) is 2.43. The molecule has 0 radical (unpaired) electrons. The summed E-state index contributed by atoms with van der Waals surface area (Å²) in [5.41, 5.74) is 5.86. The van der Waals surface area contributed by atoms with E-state index >= 15 is 0 Å². The lowest BCUT2D eigenvalue weighted by Crippen LogP contribution is -2.32. The van der Waals surface area contributed by atoms with E-state index in [1.165, 1.54) is 44.9 Å². The summed E-state index contributed by atoms with van der Waals surface area (Å²) in [6.07, 6.45) is 8.62. The quantitative estimate of drug-likeness (QED) is 0.890. The number of hydrogen-bond donors (Lipinski definition) is 2. The maximum Gasteiger partial charge on any atom is 0.231 e. The topological polar surface area (TPSA) is 80.0 Å². The van der Waals surface area contributed by atoms with Crippen molar-refractivity contribution in [2.24, 2.45) is 5.92 Å². The summed E-state index contributed by atoms with van der Waals surface area (Å²) in [6, 6.07) is 0.470. The highest BCUT2D eigenvalue weighted by Crippen LogP contribution is 2.26. The third kappa shape index (κ3) is 3.74. The van der Waals surface area contributed by atoms with E-state index in [9.17, 15) is 0 Å². The molecule has 116 valence electrons. The first-order valence-electron chi connectivity index (χ1n) is 8.24. The number of nitrogen functional groups attached to an aromatic ring is 1. The number of hydrogen-bond acceptors (Lipinski definition) is 6. The summed E-state index contributed by atoms with van der Waals surface area (Å²) < 4.78 is 0. The molecule has 3 rings (SSSR count). The largest absolute Gasteiger partial charge is 0.368 e. The van der Waals surface area contributed by atoms with Gasteiger partial charge in [0, 0.05) is 19.1 Å². The SMILES string of the molecule is CC1CCC(Nc2nc(N)nc(N3CCCCC3)n2)CC1. The minimum absolute atomic E-state index is 0.317. The molecular weight excluding hydrogens is 264 g/mol. The lowest BCUT2D eigenvalue weighted by Gasteiger charge is -2.28. The second-order valence-corrected chi connectivity index (χ2v) is 6.47. The fourth-order valence-corrected chi connectivity index (χ4v) is 3.27. The van der Waals surface area contributed by atoms with Crippen LogP contribution in [0.2, 0.25) is 0 Å². The molecule has 0 atom stereocenters. The monoisotopic (exact) mass is 290 g/mol. The Hall–Kier alpha value is -1.59. The van der Waals surface area contributed by atoms with Crippen molar-refractivity contribution in [3.63, 3.8) is 0 Å². The summed E-state index contributed by atoms with van der Waals surface area (Å²) >= 11 is 0. The first-order chi connectivity index (χ1) is 10.2. The number of nitrogens with zero attached hydrogens (tertiary/aromatic N) is 4. The average molecular weight is 290 g/mol. The molecule has 0 aromatic carbocycles. The van der Waals surface area contributed by atoms with Crippen LogP contribution in [-0.4, -0.2) is 34.1 Å². The zero-order valence-electron chi connectivity index (χ0n) is 12.9. The lowest BCUT2D eigenvalue weighted by molar-refractivity contribution is 0.360. The summed E-state index contributed by atoms with van der Waals surface area (Å²) in [6.45, 7) is 4.36. The average Bonchev–Trinajstić information content (AvgIpc) is 2.50. The van der Waals surface area contributed by atoms with Gasteiger partial charge >= 0.3 is 0 Å². The molecule has 0 bridgehead atoms. The van der Waals surface area contributed by atoms with Crippen LogP contribution in [-0.2, 0) is 0 Å². The van der Waals surface area contributed by atoms with Crippen molar-refractivity contribution < 1.29 is 0 Å². The van der Waals surface area contributed by atoms with Crippen LogP contribution in [0, 0.1) is 5.92 Å². The highest BCUT2D eigenvalue weighted by atomic mass is 15.3. The van der Waals surface area contributed by atoms with E-state index in [1.807, 2.05) is 0 Å². The fourth-order valence-electron chi connectivity index (χ4n) is 3.27. The Labute approximate surface area is 126 Å². The van der Waals surface area contributed by atoms with E-state index in [1.54, 1.807) is 0 Å². The van der Waals surface area contributed by atoms with Crippen molar-refractivity contribution in [3.8, 4) is 0 Å². The molecule has 1 saturated heterocycles. The van der Waals surface area contributed by atoms with Gasteiger partial charge in [-0.15, -0.1) is 0 Å². The van der Waals surface area contributed by atoms with Gasteiger partial charge in [0.1, 0.15) is 0 Å². The summed E-state index contributed by atoms with van der Waals surface area (Å²) in [4.78, 5) is 15.4. The van der Waals surface area contributed by atoms with Crippen LogP contribution in [0.25, 0.3) is 0 Å². The van der Waals surface area contributed by atoms with Gasteiger partial charge in [-0.05, 0) is 50.9 Å². The van der Waals surface area contributed by atoms with Gasteiger partial charge in [0.2, 0.25) is 17.8 Å². The van der Waals surface area contributed by atoms with E-state index in [2.05, 4.69) is 32.1 Å². The van der Waals surface area contributed by atoms with Gasteiger partial charge in [-0.3, -0.25) is 0 Å². The maximum absolute atomic E-state index is 5.86. The first kappa shape index (κ1) is 14.4. The number of piperidine rings is 1. The molecule has 1 aliphatic carbocycles. The van der Waals surface area contributed by atoms with Gasteiger partial charge < -0.3 is 16.0 Å². The first-order valence-corrected chi connectivity index (χ1v) is 8.24. The Morgan fingerprint density at radius 3 is 2.43 bits per heavy atom. The van der Waals surface area contributed by atoms with Gasteiger partial charge in [0.25, 0.3) is 0 Å². The second kappa shape index (κ2) is 6.45. The molecule has 0 unspecified atom stereocenters. The van der Waals surface area contributed by atoms with Gasteiger partial charge in [0.05, 0.1) is 0 Å². The van der Waals surface area contributed by atoms with E-state index in [0.717, 1.165) is 25.0 Å². The van der Waals surface area contributed by atoms with Crippen LogP contribution in [0.1, 0.15) is 51.9 Å². The Kier molecular flexibility index (Phi) is 4.41. The van der Waals surface area contributed by atoms with Crippen LogP contribution < -0.4 is 16.0 Å². The lowest BCUT2D eigenvalue weighted by atomic mass is 9.87. The molecule has 2 heterocycles. The van der Waals surface area contributed by atoms with Crippen molar-refractivity contribution in [2.45, 2.75) is 57.9 Å². The number of rotatable bonds is 3. The molecule has 1 aromatic rings. The van der Waals surface area contributed by atoms with Crippen molar-refractivity contribution >= 4 is 17.8 Å². The zero-order valence-corrected chi connectivity index (χ0v) is 12.9. The molecular formula is C15H26N6. The Morgan fingerprint density at radius 2 is 1.71 bits per heavy atom. The van der Waals surface area contributed by atoms with Crippen LogP contribution in [0.4, 0.5) is 17.8 Å². The van der Waals surface area contributed by atoms with Crippen molar-refractivity contribution in [3.05, 3.63) is 0 Å². The molecule has 1 saturated carbocycles. The summed E-state index contributed by atoms with van der Waals surface area (Å²) in [5, 5.41) is 3.45. The Balaban J connectivity index is 1.68. The molecule has 21 heavy (non-hydrogen) atoms. The molecule has 1 aromatic heterocycles. The smallest absolute Gasteiger partial charge is 0.231 e. The molecule has 0 amide bonds. The minimum Gasteiger partial charge on any atom is -0.368 e.